The Morgan fingerprint density at radius 3 is 2.00 bits per heavy atom. The van der Waals surface area contributed by atoms with Crippen molar-refractivity contribution in [1.29, 1.82) is 0 Å². The standard InChI is InChI=1S/C17H16O2S2.C4H6O2.CH4.H4Si/c1-12-8-10-14(11-9-12)17(20)21-15(16(18)19-2)13-6-4-3-5-7-13;1-3-4(5)6-2;;/h3-11,15H,1-2H3;3H,1H2,2H3;2*1H4. The fraction of sp³-hybridized carbons (Fsp3) is 0.227. The summed E-state index contributed by atoms with van der Waals surface area (Å²) in [4.78, 5) is 21.9. The minimum atomic E-state index is -0.440. The van der Waals surface area contributed by atoms with Crippen LogP contribution in [0.3, 0.4) is 0 Å². The van der Waals surface area contributed by atoms with Gasteiger partial charge in [0.05, 0.1) is 18.4 Å². The Morgan fingerprint density at radius 2 is 1.59 bits per heavy atom. The average Bonchev–Trinajstić information content (AvgIpc) is 2.72. The van der Waals surface area contributed by atoms with Crippen molar-refractivity contribution >= 4 is 51.1 Å². The molecule has 1 atom stereocenters. The molecule has 2 aromatic rings. The number of esters is 2. The molecule has 2 rings (SSSR count). The summed E-state index contributed by atoms with van der Waals surface area (Å²) in [5.74, 6) is -0.685. The lowest BCUT2D eigenvalue weighted by molar-refractivity contribution is -0.140. The molecule has 4 nitrogen and oxygen atoms in total. The Bertz CT molecular complexity index is 777. The van der Waals surface area contributed by atoms with E-state index < -0.39 is 11.2 Å². The van der Waals surface area contributed by atoms with E-state index in [1.165, 1.54) is 31.5 Å². The number of methoxy groups -OCH3 is 2. The van der Waals surface area contributed by atoms with Gasteiger partial charge in [0.1, 0.15) is 5.25 Å². The normalized spacial score (nSPS) is 9.90. The van der Waals surface area contributed by atoms with E-state index in [9.17, 15) is 9.59 Å². The van der Waals surface area contributed by atoms with Crippen LogP contribution in [0.15, 0.2) is 67.3 Å². The maximum absolute atomic E-state index is 12.0. The van der Waals surface area contributed by atoms with E-state index in [0.29, 0.717) is 4.20 Å². The van der Waals surface area contributed by atoms with E-state index in [2.05, 4.69) is 11.3 Å². The summed E-state index contributed by atoms with van der Waals surface area (Å²) < 4.78 is 9.73. The fourth-order valence-corrected chi connectivity index (χ4v) is 3.33. The van der Waals surface area contributed by atoms with Gasteiger partial charge in [0.2, 0.25) is 0 Å². The van der Waals surface area contributed by atoms with Crippen LogP contribution in [0.5, 0.6) is 0 Å². The first kappa shape index (κ1) is 29.0. The molecule has 0 saturated carbocycles. The van der Waals surface area contributed by atoms with Crippen LogP contribution >= 0.6 is 24.0 Å². The molecule has 0 aliphatic heterocycles. The zero-order valence-corrected chi connectivity index (χ0v) is 17.1. The van der Waals surface area contributed by atoms with Gasteiger partial charge in [-0.2, -0.15) is 0 Å². The van der Waals surface area contributed by atoms with E-state index in [0.717, 1.165) is 17.2 Å². The maximum atomic E-state index is 12.0. The minimum Gasteiger partial charge on any atom is -0.468 e. The van der Waals surface area contributed by atoms with Crippen molar-refractivity contribution in [3.8, 4) is 0 Å². The number of carbonyl (C=O) groups is 2. The summed E-state index contributed by atoms with van der Waals surface area (Å²) in [6, 6.07) is 17.5. The van der Waals surface area contributed by atoms with E-state index in [1.807, 2.05) is 61.5 Å². The molecule has 0 heterocycles. The lowest BCUT2D eigenvalue weighted by Gasteiger charge is -2.15. The van der Waals surface area contributed by atoms with Crippen molar-refractivity contribution in [2.24, 2.45) is 0 Å². The Kier molecular flexibility index (Phi) is 15.7. The predicted octanol–water partition coefficient (Wildman–Crippen LogP) is 3.85. The third kappa shape index (κ3) is 10.2. The zero-order valence-electron chi connectivity index (χ0n) is 15.5. The molecule has 0 bridgehead atoms. The van der Waals surface area contributed by atoms with E-state index in [1.54, 1.807) is 0 Å². The van der Waals surface area contributed by atoms with Crippen LogP contribution in [0.2, 0.25) is 0 Å². The lowest BCUT2D eigenvalue weighted by Crippen LogP contribution is -2.13. The number of ether oxygens (including phenoxy) is 2. The van der Waals surface area contributed by atoms with Gasteiger partial charge in [-0.25, -0.2) is 4.79 Å². The SMILES string of the molecule is C.C=CC(=O)OC.COC(=O)C(SC(=S)c1ccc(C)cc1)c1ccccc1.[SiH4]. The Morgan fingerprint density at radius 1 is 1.03 bits per heavy atom. The first-order chi connectivity index (χ1) is 12.9. The first-order valence-electron chi connectivity index (χ1n) is 8.03. The Hall–Kier alpha value is -2.22. The summed E-state index contributed by atoms with van der Waals surface area (Å²) in [6.45, 7) is 5.19. The number of thioether (sulfide) groups is 1. The van der Waals surface area contributed by atoms with E-state index in [-0.39, 0.29) is 24.4 Å². The molecule has 0 saturated heterocycles. The van der Waals surface area contributed by atoms with Gasteiger partial charge in [-0.05, 0) is 29.0 Å². The monoisotopic (exact) mass is 450 g/mol. The summed E-state index contributed by atoms with van der Waals surface area (Å²) >= 11 is 6.81. The third-order valence-corrected chi connectivity index (χ3v) is 5.07. The van der Waals surface area contributed by atoms with Gasteiger partial charge in [0, 0.05) is 6.08 Å². The van der Waals surface area contributed by atoms with Crippen LogP contribution in [0.1, 0.15) is 29.4 Å². The third-order valence-electron chi connectivity index (χ3n) is 3.40. The predicted molar refractivity (Wildman–Crippen MR) is 132 cm³/mol. The van der Waals surface area contributed by atoms with Crippen molar-refractivity contribution in [3.63, 3.8) is 0 Å². The highest BCUT2D eigenvalue weighted by Crippen LogP contribution is 2.33. The molecule has 1 unspecified atom stereocenters. The largest absolute Gasteiger partial charge is 0.468 e. The number of thiocarbonyl (C=S) groups is 1. The smallest absolute Gasteiger partial charge is 0.329 e. The van der Waals surface area contributed by atoms with Crippen molar-refractivity contribution in [3.05, 3.63) is 83.9 Å². The van der Waals surface area contributed by atoms with Gasteiger partial charge in [0.25, 0.3) is 0 Å². The summed E-state index contributed by atoms with van der Waals surface area (Å²) in [6.07, 6.45) is 1.11. The quantitative estimate of drug-likeness (QED) is 0.299. The zero-order chi connectivity index (χ0) is 20.2. The van der Waals surface area contributed by atoms with E-state index in [4.69, 9.17) is 17.0 Å². The van der Waals surface area contributed by atoms with Crippen LogP contribution < -0.4 is 0 Å². The molecule has 7 heteroatoms. The van der Waals surface area contributed by atoms with Gasteiger partial charge in [-0.1, -0.05) is 98.1 Å². The molecular formula is C22H30O4S2Si. The van der Waals surface area contributed by atoms with Crippen molar-refractivity contribution < 1.29 is 19.1 Å². The van der Waals surface area contributed by atoms with Crippen molar-refractivity contribution in [1.82, 2.24) is 0 Å². The molecule has 0 aromatic heterocycles. The second kappa shape index (κ2) is 15.7. The van der Waals surface area contributed by atoms with Crippen molar-refractivity contribution in [2.75, 3.05) is 14.2 Å². The Balaban J connectivity index is 0. The van der Waals surface area contributed by atoms with Crippen molar-refractivity contribution in [2.45, 2.75) is 19.6 Å². The molecule has 0 aliphatic rings. The van der Waals surface area contributed by atoms with Gasteiger partial charge >= 0.3 is 11.9 Å². The average molecular weight is 451 g/mol. The number of hydrogen-bond donors (Lipinski definition) is 0. The Labute approximate surface area is 187 Å². The summed E-state index contributed by atoms with van der Waals surface area (Å²) in [5, 5.41) is -0.440. The fourth-order valence-electron chi connectivity index (χ4n) is 1.94. The minimum absolute atomic E-state index is 0. The second-order valence-electron chi connectivity index (χ2n) is 5.31. The van der Waals surface area contributed by atoms with Crippen LogP contribution in [0, 0.1) is 6.92 Å². The highest BCUT2D eigenvalue weighted by atomic mass is 32.2. The van der Waals surface area contributed by atoms with E-state index >= 15 is 0 Å². The molecule has 0 radical (unpaired) electrons. The van der Waals surface area contributed by atoms with Gasteiger partial charge in [0.15, 0.2) is 0 Å². The number of aryl methyl sites for hydroxylation is 1. The highest BCUT2D eigenvalue weighted by Gasteiger charge is 2.24. The number of carbonyl (C=O) groups excluding carboxylic acids is 2. The second-order valence-corrected chi connectivity index (χ2v) is 7.09. The van der Waals surface area contributed by atoms with Crippen LogP contribution in [0.4, 0.5) is 0 Å². The molecule has 29 heavy (non-hydrogen) atoms. The molecule has 0 amide bonds. The summed E-state index contributed by atoms with van der Waals surface area (Å²) in [5.41, 5.74) is 3.02. The molecule has 2 aromatic carbocycles. The maximum Gasteiger partial charge on any atom is 0.329 e. The molecule has 0 spiro atoms. The number of benzene rings is 2. The van der Waals surface area contributed by atoms with Gasteiger partial charge in [-0.3, -0.25) is 4.79 Å². The van der Waals surface area contributed by atoms with Gasteiger partial charge < -0.3 is 9.47 Å². The van der Waals surface area contributed by atoms with Crippen LogP contribution in [-0.2, 0) is 19.1 Å². The highest BCUT2D eigenvalue weighted by molar-refractivity contribution is 8.24. The molecular weight excluding hydrogens is 420 g/mol. The molecule has 0 fully saturated rings. The lowest BCUT2D eigenvalue weighted by atomic mass is 10.1. The van der Waals surface area contributed by atoms with Crippen LogP contribution in [0.25, 0.3) is 0 Å². The number of hydrogen-bond acceptors (Lipinski definition) is 6. The molecule has 158 valence electrons. The summed E-state index contributed by atoms with van der Waals surface area (Å²) in [7, 11) is 2.71. The van der Waals surface area contributed by atoms with Crippen LogP contribution in [-0.4, -0.2) is 41.3 Å². The topological polar surface area (TPSA) is 52.6 Å². The number of rotatable bonds is 5. The first-order valence-corrected chi connectivity index (χ1v) is 9.32. The molecule has 0 N–H and O–H groups in total. The van der Waals surface area contributed by atoms with Gasteiger partial charge in [-0.15, -0.1) is 0 Å². The molecule has 0 aliphatic carbocycles.